The molecule has 120 valence electrons. The van der Waals surface area contributed by atoms with E-state index in [-0.39, 0.29) is 30.2 Å². The van der Waals surface area contributed by atoms with Gasteiger partial charge in [0.15, 0.2) is 0 Å². The van der Waals surface area contributed by atoms with Crippen LogP contribution >= 0.6 is 11.6 Å². The van der Waals surface area contributed by atoms with Crippen molar-refractivity contribution in [2.45, 2.75) is 19.8 Å². The summed E-state index contributed by atoms with van der Waals surface area (Å²) in [5, 5.41) is 3.31. The number of amides is 3. The number of aryl methyl sites for hydroxylation is 1. The molecule has 2 atom stereocenters. The summed E-state index contributed by atoms with van der Waals surface area (Å²) < 4.78 is 0. The molecule has 0 saturated carbocycles. The Kier molecular flexibility index (Phi) is 4.22. The predicted octanol–water partition coefficient (Wildman–Crippen LogP) is 2.45. The summed E-state index contributed by atoms with van der Waals surface area (Å²) in [6.07, 6.45) is 2.63. The molecule has 3 rings (SSSR count). The molecular weight excluding hydrogens is 316 g/mol. The van der Waals surface area contributed by atoms with Crippen LogP contribution in [0, 0.1) is 18.8 Å². The van der Waals surface area contributed by atoms with E-state index in [2.05, 4.69) is 5.32 Å². The van der Waals surface area contributed by atoms with E-state index in [0.717, 1.165) is 10.5 Å². The molecule has 3 amide bonds. The summed E-state index contributed by atoms with van der Waals surface area (Å²) in [6, 6.07) is 7.32. The first-order valence-electron chi connectivity index (χ1n) is 7.52. The number of imide groups is 1. The molecule has 0 spiro atoms. The van der Waals surface area contributed by atoms with Crippen LogP contribution in [0.3, 0.4) is 0 Å². The summed E-state index contributed by atoms with van der Waals surface area (Å²) in [6.45, 7) is 1.70. The van der Waals surface area contributed by atoms with Gasteiger partial charge in [-0.15, -0.1) is 0 Å². The maximum absolute atomic E-state index is 12.4. The second-order valence-electron chi connectivity index (χ2n) is 5.98. The number of nitrogens with zero attached hydrogens (tertiary/aromatic N) is 1. The van der Waals surface area contributed by atoms with E-state index < -0.39 is 5.92 Å². The van der Waals surface area contributed by atoms with Gasteiger partial charge in [0.25, 0.3) is 0 Å². The highest BCUT2D eigenvalue weighted by Gasteiger charge is 2.48. The number of hydrogen-bond acceptors (Lipinski definition) is 3. The first kappa shape index (κ1) is 15.7. The molecule has 0 unspecified atom stereocenters. The van der Waals surface area contributed by atoms with Gasteiger partial charge in [0.2, 0.25) is 17.7 Å². The lowest BCUT2D eigenvalue weighted by Crippen LogP contribution is -2.38. The van der Waals surface area contributed by atoms with Gasteiger partial charge in [-0.3, -0.25) is 19.3 Å². The fraction of sp³-hybridized carbons (Fsp3) is 0.353. The number of carbonyl (C=O) groups excluding carboxylic acids is 3. The van der Waals surface area contributed by atoms with Crippen LogP contribution < -0.4 is 5.32 Å². The molecule has 1 aromatic carbocycles. The lowest BCUT2D eigenvalue weighted by Gasteiger charge is -2.17. The second kappa shape index (κ2) is 6.16. The number of rotatable bonds is 3. The van der Waals surface area contributed by atoms with E-state index in [1.54, 1.807) is 18.2 Å². The molecule has 0 radical (unpaired) electrons. The Balaban J connectivity index is 1.66. The lowest BCUT2D eigenvalue weighted by atomic mass is 9.85. The molecule has 1 saturated heterocycles. The van der Waals surface area contributed by atoms with E-state index in [1.807, 2.05) is 19.1 Å². The van der Waals surface area contributed by atoms with Gasteiger partial charge in [-0.05, 0) is 31.9 Å². The van der Waals surface area contributed by atoms with Crippen molar-refractivity contribution in [1.29, 1.82) is 0 Å². The van der Waals surface area contributed by atoms with Gasteiger partial charge < -0.3 is 5.32 Å². The van der Waals surface area contributed by atoms with Crippen molar-refractivity contribution in [2.75, 3.05) is 11.9 Å². The topological polar surface area (TPSA) is 66.5 Å². The highest BCUT2D eigenvalue weighted by molar-refractivity contribution is 6.30. The van der Waals surface area contributed by atoms with Gasteiger partial charge in [-0.2, -0.15) is 0 Å². The minimum absolute atomic E-state index is 0.254. The summed E-state index contributed by atoms with van der Waals surface area (Å²) in [5.41, 5.74) is 1.73. The van der Waals surface area contributed by atoms with Crippen LogP contribution in [0.25, 0.3) is 0 Å². The van der Waals surface area contributed by atoms with Gasteiger partial charge in [-0.1, -0.05) is 35.4 Å². The van der Waals surface area contributed by atoms with Crippen molar-refractivity contribution >= 4 is 35.0 Å². The summed E-state index contributed by atoms with van der Waals surface area (Å²) in [5.74, 6) is -1.76. The van der Waals surface area contributed by atoms with Crippen molar-refractivity contribution in [1.82, 2.24) is 4.90 Å². The monoisotopic (exact) mass is 332 g/mol. The fourth-order valence-corrected chi connectivity index (χ4v) is 3.29. The van der Waals surface area contributed by atoms with Crippen LogP contribution in [0.2, 0.25) is 0 Å². The number of halogens is 1. The number of carbonyl (C=O) groups is 3. The van der Waals surface area contributed by atoms with Gasteiger partial charge in [0.05, 0.1) is 11.8 Å². The molecule has 1 aliphatic carbocycles. The van der Waals surface area contributed by atoms with Crippen LogP contribution in [-0.2, 0) is 14.4 Å². The van der Waals surface area contributed by atoms with Gasteiger partial charge in [0, 0.05) is 10.7 Å². The van der Waals surface area contributed by atoms with E-state index in [4.69, 9.17) is 11.6 Å². The van der Waals surface area contributed by atoms with E-state index in [0.29, 0.717) is 23.6 Å². The molecule has 1 N–H and O–H groups in total. The van der Waals surface area contributed by atoms with E-state index >= 15 is 0 Å². The largest absolute Gasteiger partial charge is 0.325 e. The third kappa shape index (κ3) is 3.15. The Morgan fingerprint density at radius 3 is 2.57 bits per heavy atom. The summed E-state index contributed by atoms with van der Waals surface area (Å²) in [4.78, 5) is 37.9. The van der Waals surface area contributed by atoms with Gasteiger partial charge in [-0.25, -0.2) is 0 Å². The number of fused-ring (bicyclic) bond motifs is 1. The van der Waals surface area contributed by atoms with Crippen molar-refractivity contribution in [3.05, 3.63) is 40.9 Å². The first-order valence-corrected chi connectivity index (χ1v) is 7.90. The molecule has 1 heterocycles. The Hall–Kier alpha value is -2.14. The molecule has 2 aliphatic rings. The number of hydrogen-bond donors (Lipinski definition) is 1. The normalized spacial score (nSPS) is 23.6. The molecule has 0 aromatic heterocycles. The maximum atomic E-state index is 12.4. The quantitative estimate of drug-likeness (QED) is 0.865. The third-order valence-corrected chi connectivity index (χ3v) is 4.61. The molecule has 1 fully saturated rings. The number of allylic oxidation sites excluding steroid dienone is 2. The molecule has 6 heteroatoms. The Morgan fingerprint density at radius 1 is 1.22 bits per heavy atom. The van der Waals surface area contributed by atoms with Crippen molar-refractivity contribution in [2.24, 2.45) is 11.8 Å². The zero-order valence-corrected chi connectivity index (χ0v) is 13.5. The number of nitrogens with one attached hydrogen (secondary N) is 1. The molecule has 1 aromatic rings. The van der Waals surface area contributed by atoms with Crippen molar-refractivity contribution in [3.63, 3.8) is 0 Å². The van der Waals surface area contributed by atoms with Crippen LogP contribution in [0.4, 0.5) is 5.69 Å². The molecular formula is C17H17ClN2O3. The highest BCUT2D eigenvalue weighted by Crippen LogP contribution is 2.38. The van der Waals surface area contributed by atoms with Crippen LogP contribution in [0.1, 0.15) is 18.4 Å². The van der Waals surface area contributed by atoms with Gasteiger partial charge in [0.1, 0.15) is 6.54 Å². The third-order valence-electron chi connectivity index (χ3n) is 4.30. The first-order chi connectivity index (χ1) is 11.0. The Labute approximate surface area is 139 Å². The summed E-state index contributed by atoms with van der Waals surface area (Å²) in [7, 11) is 0. The lowest BCUT2D eigenvalue weighted by molar-refractivity contribution is -0.142. The SMILES string of the molecule is Cc1ccc(NC(=O)CN2C(=O)[C@H]3CC=C(Cl)C[C@H]3C2=O)cc1. The maximum Gasteiger partial charge on any atom is 0.244 e. The second-order valence-corrected chi connectivity index (χ2v) is 6.47. The van der Waals surface area contributed by atoms with E-state index in [9.17, 15) is 14.4 Å². The van der Waals surface area contributed by atoms with Crippen molar-refractivity contribution in [3.8, 4) is 0 Å². The van der Waals surface area contributed by atoms with E-state index in [1.165, 1.54) is 0 Å². The van der Waals surface area contributed by atoms with Gasteiger partial charge >= 0.3 is 0 Å². The minimum atomic E-state index is -0.424. The number of benzene rings is 1. The molecule has 5 nitrogen and oxygen atoms in total. The minimum Gasteiger partial charge on any atom is -0.325 e. The summed E-state index contributed by atoms with van der Waals surface area (Å²) >= 11 is 5.97. The van der Waals surface area contributed by atoms with Crippen LogP contribution in [-0.4, -0.2) is 29.2 Å². The van der Waals surface area contributed by atoms with Crippen LogP contribution in [0.5, 0.6) is 0 Å². The molecule has 0 bridgehead atoms. The highest BCUT2D eigenvalue weighted by atomic mass is 35.5. The smallest absolute Gasteiger partial charge is 0.244 e. The Morgan fingerprint density at radius 2 is 1.87 bits per heavy atom. The standard InChI is InChI=1S/C17H17ClN2O3/c1-10-2-5-12(6-3-10)19-15(21)9-20-16(22)13-7-4-11(18)8-14(13)17(20)23/h2-6,13-14H,7-9H2,1H3,(H,19,21)/t13-,14+/m0/s1. The number of likely N-dealkylation sites (tertiary alicyclic amines) is 1. The molecule has 1 aliphatic heterocycles. The Bertz CT molecular complexity index is 696. The van der Waals surface area contributed by atoms with Crippen LogP contribution in [0.15, 0.2) is 35.4 Å². The average Bonchev–Trinajstić information content (AvgIpc) is 2.74. The predicted molar refractivity (Wildman–Crippen MR) is 86.7 cm³/mol. The average molecular weight is 333 g/mol. The molecule has 23 heavy (non-hydrogen) atoms. The fourth-order valence-electron chi connectivity index (χ4n) is 3.03. The van der Waals surface area contributed by atoms with Crippen molar-refractivity contribution < 1.29 is 14.4 Å². The zero-order chi connectivity index (χ0) is 16.6. The number of anilines is 1. The zero-order valence-electron chi connectivity index (χ0n) is 12.7.